The van der Waals surface area contributed by atoms with Gasteiger partial charge in [-0.3, -0.25) is 10.1 Å². The van der Waals surface area contributed by atoms with E-state index >= 15 is 0 Å². The van der Waals surface area contributed by atoms with Crippen LogP contribution in [0.3, 0.4) is 0 Å². The number of anilines is 1. The standard InChI is InChI=1S/C19H22N6/c1-11-6-17(14(7-20)8-21-11)25-9-15(12-2-3-12)16(10-25)19-22-18(23-24-19)13-4-5-13/h6,8,12-13,15-16H,2-5,9-10H2,1H3,(H,22,23,24)/t15-,16+/m1/s1. The van der Waals surface area contributed by atoms with Gasteiger partial charge in [0, 0.05) is 36.8 Å². The third-order valence-electron chi connectivity index (χ3n) is 5.89. The minimum absolute atomic E-state index is 0.382. The Morgan fingerprint density at radius 1 is 1.24 bits per heavy atom. The van der Waals surface area contributed by atoms with Gasteiger partial charge in [0.25, 0.3) is 0 Å². The molecule has 6 nitrogen and oxygen atoms in total. The van der Waals surface area contributed by atoms with Gasteiger partial charge in [0.05, 0.1) is 11.3 Å². The first-order chi connectivity index (χ1) is 12.2. The second kappa shape index (κ2) is 5.55. The molecule has 128 valence electrons. The number of hydrogen-bond donors (Lipinski definition) is 1. The molecule has 0 bridgehead atoms. The summed E-state index contributed by atoms with van der Waals surface area (Å²) in [6.07, 6.45) is 6.78. The molecule has 3 heterocycles. The van der Waals surface area contributed by atoms with Gasteiger partial charge < -0.3 is 4.90 Å². The largest absolute Gasteiger partial charge is 0.369 e. The number of H-pyrrole nitrogens is 1. The molecule has 2 atom stereocenters. The zero-order valence-corrected chi connectivity index (χ0v) is 14.4. The minimum Gasteiger partial charge on any atom is -0.369 e. The van der Waals surface area contributed by atoms with Gasteiger partial charge in [-0.05, 0) is 50.5 Å². The monoisotopic (exact) mass is 334 g/mol. The average molecular weight is 334 g/mol. The van der Waals surface area contributed by atoms with Gasteiger partial charge in [0.1, 0.15) is 11.9 Å². The maximum Gasteiger partial charge on any atom is 0.153 e. The summed E-state index contributed by atoms with van der Waals surface area (Å²) in [5.74, 6) is 4.39. The van der Waals surface area contributed by atoms with Crippen LogP contribution in [0.15, 0.2) is 12.3 Å². The first-order valence-corrected chi connectivity index (χ1v) is 9.27. The van der Waals surface area contributed by atoms with Crippen molar-refractivity contribution in [2.24, 2.45) is 11.8 Å². The highest BCUT2D eigenvalue weighted by atomic mass is 15.2. The van der Waals surface area contributed by atoms with Gasteiger partial charge in [-0.2, -0.15) is 10.4 Å². The second-order valence-corrected chi connectivity index (χ2v) is 7.82. The van der Waals surface area contributed by atoms with E-state index in [4.69, 9.17) is 4.98 Å². The van der Waals surface area contributed by atoms with Gasteiger partial charge in [0.2, 0.25) is 0 Å². The molecule has 2 aromatic rings. The van der Waals surface area contributed by atoms with Crippen LogP contribution in [0.1, 0.15) is 60.4 Å². The fraction of sp³-hybridized carbons (Fsp3) is 0.579. The summed E-state index contributed by atoms with van der Waals surface area (Å²) < 4.78 is 0. The van der Waals surface area contributed by atoms with E-state index < -0.39 is 0 Å². The summed E-state index contributed by atoms with van der Waals surface area (Å²) in [6.45, 7) is 3.88. The summed E-state index contributed by atoms with van der Waals surface area (Å²) in [5.41, 5.74) is 2.64. The molecule has 0 spiro atoms. The number of nitriles is 1. The molecule has 3 aliphatic rings. The van der Waals surface area contributed by atoms with E-state index in [9.17, 15) is 5.26 Å². The lowest BCUT2D eigenvalue weighted by Crippen LogP contribution is -2.21. The number of aryl methyl sites for hydroxylation is 1. The number of rotatable bonds is 4. The van der Waals surface area contributed by atoms with Crippen LogP contribution in [-0.2, 0) is 0 Å². The molecule has 2 aromatic heterocycles. The van der Waals surface area contributed by atoms with E-state index in [1.54, 1.807) is 6.20 Å². The highest BCUT2D eigenvalue weighted by Gasteiger charge is 2.45. The van der Waals surface area contributed by atoms with E-state index in [1.807, 2.05) is 13.0 Å². The topological polar surface area (TPSA) is 81.5 Å². The Bertz CT molecular complexity index is 842. The predicted octanol–water partition coefficient (Wildman–Crippen LogP) is 2.89. The number of hydrogen-bond acceptors (Lipinski definition) is 5. The fourth-order valence-corrected chi connectivity index (χ4v) is 4.19. The lowest BCUT2D eigenvalue weighted by molar-refractivity contribution is 0.445. The van der Waals surface area contributed by atoms with Crippen LogP contribution in [0, 0.1) is 30.1 Å². The molecule has 1 aliphatic heterocycles. The van der Waals surface area contributed by atoms with E-state index in [0.717, 1.165) is 42.0 Å². The van der Waals surface area contributed by atoms with E-state index in [0.29, 0.717) is 23.3 Å². The molecule has 0 radical (unpaired) electrons. The molecular formula is C19H22N6. The Kier molecular flexibility index (Phi) is 3.30. The third kappa shape index (κ3) is 2.68. The van der Waals surface area contributed by atoms with Crippen molar-refractivity contribution < 1.29 is 0 Å². The Hall–Kier alpha value is -2.42. The molecule has 0 amide bonds. The molecule has 2 aliphatic carbocycles. The fourth-order valence-electron chi connectivity index (χ4n) is 4.19. The smallest absolute Gasteiger partial charge is 0.153 e. The quantitative estimate of drug-likeness (QED) is 0.930. The van der Waals surface area contributed by atoms with Crippen LogP contribution in [0.2, 0.25) is 0 Å². The van der Waals surface area contributed by atoms with Crippen LogP contribution >= 0.6 is 0 Å². The number of aromatic amines is 1. The van der Waals surface area contributed by atoms with Gasteiger partial charge in [-0.25, -0.2) is 4.98 Å². The third-order valence-corrected chi connectivity index (χ3v) is 5.89. The molecule has 3 fully saturated rings. The van der Waals surface area contributed by atoms with Crippen molar-refractivity contribution >= 4 is 5.69 Å². The zero-order valence-electron chi connectivity index (χ0n) is 14.4. The maximum atomic E-state index is 9.47. The van der Waals surface area contributed by atoms with Crippen molar-refractivity contribution in [2.75, 3.05) is 18.0 Å². The summed E-state index contributed by atoms with van der Waals surface area (Å²) in [6, 6.07) is 4.34. The maximum absolute atomic E-state index is 9.47. The molecule has 1 N–H and O–H groups in total. The van der Waals surface area contributed by atoms with Gasteiger partial charge in [0.15, 0.2) is 5.82 Å². The zero-order chi connectivity index (χ0) is 17.0. The molecule has 0 unspecified atom stereocenters. The molecule has 1 saturated heterocycles. The van der Waals surface area contributed by atoms with Crippen molar-refractivity contribution in [2.45, 2.75) is 44.4 Å². The Morgan fingerprint density at radius 3 is 2.80 bits per heavy atom. The number of aromatic nitrogens is 4. The molecule has 5 rings (SSSR count). The van der Waals surface area contributed by atoms with Crippen LogP contribution in [0.4, 0.5) is 5.69 Å². The Labute approximate surface area is 147 Å². The van der Waals surface area contributed by atoms with Gasteiger partial charge in [-0.1, -0.05) is 0 Å². The first-order valence-electron chi connectivity index (χ1n) is 9.27. The van der Waals surface area contributed by atoms with Crippen molar-refractivity contribution in [1.29, 1.82) is 5.26 Å². The molecule has 6 heteroatoms. The van der Waals surface area contributed by atoms with Gasteiger partial charge >= 0.3 is 0 Å². The van der Waals surface area contributed by atoms with Crippen LogP contribution in [0.25, 0.3) is 0 Å². The van der Waals surface area contributed by atoms with Crippen molar-refractivity contribution in [3.63, 3.8) is 0 Å². The Morgan fingerprint density at radius 2 is 2.08 bits per heavy atom. The van der Waals surface area contributed by atoms with Crippen molar-refractivity contribution in [3.05, 3.63) is 35.2 Å². The lowest BCUT2D eigenvalue weighted by atomic mass is 9.91. The summed E-state index contributed by atoms with van der Waals surface area (Å²) in [5, 5.41) is 17.2. The molecular weight excluding hydrogens is 312 g/mol. The van der Waals surface area contributed by atoms with Crippen LogP contribution in [-0.4, -0.2) is 33.3 Å². The summed E-state index contributed by atoms with van der Waals surface area (Å²) in [7, 11) is 0. The minimum atomic E-state index is 0.382. The molecule has 25 heavy (non-hydrogen) atoms. The summed E-state index contributed by atoms with van der Waals surface area (Å²) in [4.78, 5) is 11.5. The Balaban J connectivity index is 1.46. The number of nitrogens with one attached hydrogen (secondary N) is 1. The van der Waals surface area contributed by atoms with E-state index in [1.165, 1.54) is 25.7 Å². The molecule has 0 aromatic carbocycles. The predicted molar refractivity (Wildman–Crippen MR) is 93.2 cm³/mol. The van der Waals surface area contributed by atoms with Crippen LogP contribution in [0.5, 0.6) is 0 Å². The SMILES string of the molecule is Cc1cc(N2C[C@H](c3nc(C4CC4)n[nH]3)[C@@H](C3CC3)C2)c(C#N)cn1. The molecule has 2 saturated carbocycles. The number of pyridine rings is 1. The first kappa shape index (κ1) is 14.9. The van der Waals surface area contributed by atoms with E-state index in [2.05, 4.69) is 26.2 Å². The van der Waals surface area contributed by atoms with Crippen molar-refractivity contribution in [1.82, 2.24) is 20.2 Å². The summed E-state index contributed by atoms with van der Waals surface area (Å²) >= 11 is 0. The highest BCUT2D eigenvalue weighted by molar-refractivity contribution is 5.60. The van der Waals surface area contributed by atoms with E-state index in [-0.39, 0.29) is 0 Å². The normalized spacial score (nSPS) is 26.0. The average Bonchev–Trinajstić information content (AvgIpc) is 3.55. The highest BCUT2D eigenvalue weighted by Crippen LogP contribution is 2.48. The van der Waals surface area contributed by atoms with Crippen molar-refractivity contribution in [3.8, 4) is 6.07 Å². The lowest BCUT2D eigenvalue weighted by Gasteiger charge is -2.20. The second-order valence-electron chi connectivity index (χ2n) is 7.82. The van der Waals surface area contributed by atoms with Gasteiger partial charge in [-0.15, -0.1) is 0 Å². The van der Waals surface area contributed by atoms with Crippen LogP contribution < -0.4 is 4.90 Å². The number of nitrogens with zero attached hydrogens (tertiary/aromatic N) is 5.